The normalized spacial score (nSPS) is 11.2. The van der Waals surface area contributed by atoms with E-state index < -0.39 is 10.0 Å². The van der Waals surface area contributed by atoms with E-state index in [2.05, 4.69) is 30.6 Å². The van der Waals surface area contributed by atoms with Crippen molar-refractivity contribution in [3.8, 4) is 0 Å². The second-order valence-electron chi connectivity index (χ2n) is 3.38. The molecule has 8 heteroatoms. The molecule has 18 heavy (non-hydrogen) atoms. The maximum atomic E-state index is 12.1. The Hall–Kier alpha value is -1.67. The summed E-state index contributed by atoms with van der Waals surface area (Å²) in [6, 6.07) is 4.60. The fraction of sp³-hybridized carbons (Fsp3) is 0. The molecule has 0 bridgehead atoms. The first-order valence-corrected chi connectivity index (χ1v) is 7.10. The van der Waals surface area contributed by atoms with Gasteiger partial charge in [0.15, 0.2) is 5.82 Å². The van der Waals surface area contributed by atoms with E-state index in [1.54, 1.807) is 6.07 Å². The summed E-state index contributed by atoms with van der Waals surface area (Å²) in [6.45, 7) is 0. The molecule has 94 valence electrons. The van der Waals surface area contributed by atoms with Gasteiger partial charge < -0.3 is 5.73 Å². The predicted molar refractivity (Wildman–Crippen MR) is 71.4 cm³/mol. The second kappa shape index (κ2) is 4.91. The quantitative estimate of drug-likeness (QED) is 0.834. The van der Waals surface area contributed by atoms with Crippen molar-refractivity contribution in [2.45, 2.75) is 4.90 Å². The second-order valence-corrected chi connectivity index (χ2v) is 5.94. The first-order chi connectivity index (χ1) is 8.49. The van der Waals surface area contributed by atoms with Crippen molar-refractivity contribution in [2.75, 3.05) is 10.5 Å². The van der Waals surface area contributed by atoms with Gasteiger partial charge in [-0.05, 0) is 18.2 Å². The van der Waals surface area contributed by atoms with Crippen LogP contribution in [0.5, 0.6) is 0 Å². The van der Waals surface area contributed by atoms with Crippen LogP contribution in [0, 0.1) is 0 Å². The van der Waals surface area contributed by atoms with Crippen LogP contribution in [0.3, 0.4) is 0 Å². The number of rotatable bonds is 3. The van der Waals surface area contributed by atoms with Crippen LogP contribution in [-0.2, 0) is 10.0 Å². The summed E-state index contributed by atoms with van der Waals surface area (Å²) in [5.41, 5.74) is 5.81. The van der Waals surface area contributed by atoms with Crippen LogP contribution < -0.4 is 10.5 Å². The van der Waals surface area contributed by atoms with Crippen molar-refractivity contribution in [3.05, 3.63) is 41.3 Å². The molecule has 2 aromatic rings. The molecule has 0 saturated carbocycles. The van der Waals surface area contributed by atoms with E-state index in [4.69, 9.17) is 5.73 Å². The highest BCUT2D eigenvalue weighted by atomic mass is 79.9. The number of nitrogens with one attached hydrogen (secondary N) is 1. The molecule has 0 saturated heterocycles. The molecule has 0 radical (unpaired) electrons. The van der Waals surface area contributed by atoms with Crippen LogP contribution in [0.2, 0.25) is 0 Å². The van der Waals surface area contributed by atoms with Crippen molar-refractivity contribution in [2.24, 2.45) is 0 Å². The summed E-state index contributed by atoms with van der Waals surface area (Å²) >= 11 is 3.20. The molecule has 0 unspecified atom stereocenters. The standard InChI is InChI=1S/C10H9BrN4O2S/c11-7-1-2-8(12)9(5-7)18(16,17)15-10-6-13-3-4-14-10/h1-6H,12H2,(H,14,15). The highest BCUT2D eigenvalue weighted by molar-refractivity contribution is 9.10. The fourth-order valence-electron chi connectivity index (χ4n) is 1.29. The minimum atomic E-state index is -3.77. The van der Waals surface area contributed by atoms with E-state index in [9.17, 15) is 8.42 Å². The van der Waals surface area contributed by atoms with Crippen LogP contribution in [0.4, 0.5) is 11.5 Å². The molecule has 1 heterocycles. The minimum Gasteiger partial charge on any atom is -0.398 e. The molecule has 3 N–H and O–H groups in total. The molecule has 0 aliphatic heterocycles. The monoisotopic (exact) mass is 328 g/mol. The number of halogens is 1. The molecule has 0 amide bonds. The summed E-state index contributed by atoms with van der Waals surface area (Å²) in [7, 11) is -3.77. The highest BCUT2D eigenvalue weighted by Gasteiger charge is 2.18. The molecule has 1 aromatic heterocycles. The first kappa shape index (κ1) is 12.8. The maximum Gasteiger partial charge on any atom is 0.265 e. The molecule has 6 nitrogen and oxygen atoms in total. The van der Waals surface area contributed by atoms with E-state index >= 15 is 0 Å². The lowest BCUT2D eigenvalue weighted by Crippen LogP contribution is -2.15. The van der Waals surface area contributed by atoms with E-state index in [0.29, 0.717) is 4.47 Å². The zero-order valence-electron chi connectivity index (χ0n) is 9.04. The van der Waals surface area contributed by atoms with Crippen LogP contribution in [0.25, 0.3) is 0 Å². The zero-order valence-corrected chi connectivity index (χ0v) is 11.4. The topological polar surface area (TPSA) is 98.0 Å². The number of nitrogens with zero attached hydrogens (tertiary/aromatic N) is 2. The molecule has 1 aromatic carbocycles. The number of hydrogen-bond acceptors (Lipinski definition) is 5. The average molecular weight is 329 g/mol. The van der Waals surface area contributed by atoms with Crippen LogP contribution in [-0.4, -0.2) is 18.4 Å². The van der Waals surface area contributed by atoms with Gasteiger partial charge in [-0.2, -0.15) is 0 Å². The zero-order chi connectivity index (χ0) is 13.2. The molecule has 0 aliphatic carbocycles. The summed E-state index contributed by atoms with van der Waals surface area (Å²) in [5, 5.41) is 0. The van der Waals surface area contributed by atoms with Crippen LogP contribution in [0.15, 0.2) is 46.2 Å². The van der Waals surface area contributed by atoms with Crippen molar-refractivity contribution in [1.82, 2.24) is 9.97 Å². The van der Waals surface area contributed by atoms with Gasteiger partial charge in [-0.15, -0.1) is 0 Å². The van der Waals surface area contributed by atoms with Gasteiger partial charge in [-0.25, -0.2) is 13.4 Å². The lowest BCUT2D eigenvalue weighted by Gasteiger charge is -2.09. The molecule has 0 atom stereocenters. The van der Waals surface area contributed by atoms with E-state index in [1.807, 2.05) is 0 Å². The summed E-state index contributed by atoms with van der Waals surface area (Å²) < 4.78 is 27.1. The number of nitrogens with two attached hydrogens (primary N) is 1. The lowest BCUT2D eigenvalue weighted by molar-refractivity contribution is 0.601. The smallest absolute Gasteiger partial charge is 0.265 e. The van der Waals surface area contributed by atoms with Gasteiger partial charge in [0.25, 0.3) is 10.0 Å². The highest BCUT2D eigenvalue weighted by Crippen LogP contribution is 2.24. The molecule has 0 fully saturated rings. The Morgan fingerprint density at radius 3 is 2.72 bits per heavy atom. The maximum absolute atomic E-state index is 12.1. The lowest BCUT2D eigenvalue weighted by atomic mass is 10.3. The van der Waals surface area contributed by atoms with Crippen LogP contribution >= 0.6 is 15.9 Å². The third kappa shape index (κ3) is 2.77. The van der Waals surface area contributed by atoms with Gasteiger partial charge >= 0.3 is 0 Å². The molecule has 0 aliphatic rings. The third-order valence-corrected chi connectivity index (χ3v) is 3.97. The Bertz CT molecular complexity index is 661. The fourth-order valence-corrected chi connectivity index (χ4v) is 2.95. The Morgan fingerprint density at radius 2 is 2.06 bits per heavy atom. The van der Waals surface area contributed by atoms with Gasteiger partial charge in [0.2, 0.25) is 0 Å². The number of aromatic nitrogens is 2. The molecule has 2 rings (SSSR count). The van der Waals surface area contributed by atoms with Gasteiger partial charge in [0.05, 0.1) is 11.9 Å². The van der Waals surface area contributed by atoms with Gasteiger partial charge in [-0.1, -0.05) is 15.9 Å². The SMILES string of the molecule is Nc1ccc(Br)cc1S(=O)(=O)Nc1cnccn1. The van der Waals surface area contributed by atoms with Crippen LogP contribution in [0.1, 0.15) is 0 Å². The number of sulfonamides is 1. The number of hydrogen-bond donors (Lipinski definition) is 2. The summed E-state index contributed by atoms with van der Waals surface area (Å²) in [4.78, 5) is 7.60. The number of anilines is 2. The minimum absolute atomic E-state index is 0.0115. The first-order valence-electron chi connectivity index (χ1n) is 4.83. The average Bonchev–Trinajstić information content (AvgIpc) is 2.33. The summed E-state index contributed by atoms with van der Waals surface area (Å²) in [5.74, 6) is 0.136. The predicted octanol–water partition coefficient (Wildman–Crippen LogP) is 1.62. The third-order valence-electron chi connectivity index (χ3n) is 2.07. The Balaban J connectivity index is 2.40. The Kier molecular flexibility index (Phi) is 3.48. The molecular formula is C10H9BrN4O2S. The van der Waals surface area contributed by atoms with Crippen molar-refractivity contribution in [1.29, 1.82) is 0 Å². The Labute approximate surface area is 112 Å². The van der Waals surface area contributed by atoms with Crippen molar-refractivity contribution >= 4 is 37.5 Å². The largest absolute Gasteiger partial charge is 0.398 e. The molecule has 0 spiro atoms. The van der Waals surface area contributed by atoms with Crippen molar-refractivity contribution < 1.29 is 8.42 Å². The van der Waals surface area contributed by atoms with Gasteiger partial charge in [0, 0.05) is 16.9 Å². The van der Waals surface area contributed by atoms with Gasteiger partial charge in [-0.3, -0.25) is 9.71 Å². The van der Waals surface area contributed by atoms with Crippen molar-refractivity contribution in [3.63, 3.8) is 0 Å². The number of nitrogen functional groups attached to an aromatic ring is 1. The van der Waals surface area contributed by atoms with E-state index in [1.165, 1.54) is 30.7 Å². The van der Waals surface area contributed by atoms with Gasteiger partial charge in [0.1, 0.15) is 4.90 Å². The Morgan fingerprint density at radius 1 is 1.28 bits per heavy atom. The summed E-state index contributed by atoms with van der Waals surface area (Å²) in [6.07, 6.45) is 4.15. The van der Waals surface area contributed by atoms with E-state index in [0.717, 1.165) is 0 Å². The van der Waals surface area contributed by atoms with E-state index in [-0.39, 0.29) is 16.4 Å². The number of benzene rings is 1. The molecular weight excluding hydrogens is 320 g/mol.